The summed E-state index contributed by atoms with van der Waals surface area (Å²) < 4.78 is 7.61. The van der Waals surface area contributed by atoms with Crippen LogP contribution in [0.1, 0.15) is 56.7 Å². The van der Waals surface area contributed by atoms with E-state index in [1.165, 1.54) is 11.1 Å². The van der Waals surface area contributed by atoms with Gasteiger partial charge in [-0.15, -0.1) is 0 Å². The fourth-order valence-corrected chi connectivity index (χ4v) is 4.11. The summed E-state index contributed by atoms with van der Waals surface area (Å²) in [7, 11) is 0. The van der Waals surface area contributed by atoms with Crippen LogP contribution < -0.4 is 0 Å². The zero-order valence-electron chi connectivity index (χ0n) is 16.0. The van der Waals surface area contributed by atoms with E-state index in [1.807, 2.05) is 46.1 Å². The molecule has 4 rings (SSSR count). The van der Waals surface area contributed by atoms with Crippen molar-refractivity contribution in [1.82, 2.24) is 14.7 Å². The van der Waals surface area contributed by atoms with Gasteiger partial charge in [-0.25, -0.2) is 4.79 Å². The molecule has 0 radical (unpaired) electrons. The van der Waals surface area contributed by atoms with Crippen LogP contribution in [-0.2, 0) is 11.3 Å². The molecular formula is C22H27N3O2. The number of aromatic nitrogens is 2. The molecule has 5 heteroatoms. The molecule has 5 nitrogen and oxygen atoms in total. The van der Waals surface area contributed by atoms with Crippen LogP contribution in [0.5, 0.6) is 0 Å². The smallest absolute Gasteiger partial charge is 0.410 e. The summed E-state index contributed by atoms with van der Waals surface area (Å²) in [5.74, 6) is 0. The Morgan fingerprint density at radius 2 is 2.07 bits per heavy atom. The Labute approximate surface area is 160 Å². The van der Waals surface area contributed by atoms with Gasteiger partial charge in [0.15, 0.2) is 0 Å². The van der Waals surface area contributed by atoms with Crippen molar-refractivity contribution in [3.05, 3.63) is 59.9 Å². The molecule has 2 aliphatic heterocycles. The summed E-state index contributed by atoms with van der Waals surface area (Å²) in [4.78, 5) is 14.7. The minimum Gasteiger partial charge on any atom is -0.445 e. The lowest BCUT2D eigenvalue weighted by atomic mass is 9.84. The van der Waals surface area contributed by atoms with Gasteiger partial charge in [-0.05, 0) is 50.7 Å². The first-order valence-electron chi connectivity index (χ1n) is 9.86. The SMILES string of the molecule is CC(C)n1cc(C2=CC3CCCC(C2)N3C(=O)OCc2ccccc2)cn1. The van der Waals surface area contributed by atoms with Gasteiger partial charge in [-0.1, -0.05) is 36.4 Å². The highest BCUT2D eigenvalue weighted by atomic mass is 16.6. The number of hydrogen-bond acceptors (Lipinski definition) is 3. The lowest BCUT2D eigenvalue weighted by molar-refractivity contribution is 0.0510. The van der Waals surface area contributed by atoms with Crippen molar-refractivity contribution in [2.24, 2.45) is 0 Å². The molecule has 2 aromatic rings. The van der Waals surface area contributed by atoms with Crippen LogP contribution in [0.4, 0.5) is 4.79 Å². The zero-order chi connectivity index (χ0) is 18.8. The Hall–Kier alpha value is -2.56. The Morgan fingerprint density at radius 3 is 2.78 bits per heavy atom. The molecule has 0 N–H and O–H groups in total. The normalized spacial score (nSPS) is 21.9. The van der Waals surface area contributed by atoms with E-state index in [-0.39, 0.29) is 18.2 Å². The highest BCUT2D eigenvalue weighted by Crippen LogP contribution is 2.37. The Morgan fingerprint density at radius 1 is 1.26 bits per heavy atom. The minimum atomic E-state index is -0.193. The van der Waals surface area contributed by atoms with E-state index in [2.05, 4.69) is 31.2 Å². The molecule has 1 fully saturated rings. The van der Waals surface area contributed by atoms with E-state index in [4.69, 9.17) is 4.74 Å². The topological polar surface area (TPSA) is 47.4 Å². The predicted octanol–water partition coefficient (Wildman–Crippen LogP) is 4.81. The number of rotatable bonds is 4. The molecule has 2 atom stereocenters. The van der Waals surface area contributed by atoms with Crippen LogP contribution in [0.25, 0.3) is 5.57 Å². The highest BCUT2D eigenvalue weighted by Gasteiger charge is 2.38. The van der Waals surface area contributed by atoms with Gasteiger partial charge in [0, 0.05) is 23.8 Å². The Kier molecular flexibility index (Phi) is 5.01. The fourth-order valence-electron chi connectivity index (χ4n) is 4.11. The predicted molar refractivity (Wildman–Crippen MR) is 105 cm³/mol. The van der Waals surface area contributed by atoms with E-state index in [1.54, 1.807) is 0 Å². The first-order valence-corrected chi connectivity index (χ1v) is 9.86. The molecular weight excluding hydrogens is 338 g/mol. The maximum Gasteiger partial charge on any atom is 0.410 e. The van der Waals surface area contributed by atoms with E-state index in [0.717, 1.165) is 31.2 Å². The number of fused-ring (bicyclic) bond motifs is 2. The largest absolute Gasteiger partial charge is 0.445 e. The number of carbonyl (C=O) groups excluding carboxylic acids is 1. The van der Waals surface area contributed by atoms with E-state index < -0.39 is 0 Å². The van der Waals surface area contributed by atoms with Crippen LogP contribution in [0.3, 0.4) is 0 Å². The van der Waals surface area contributed by atoms with Crippen LogP contribution in [0.15, 0.2) is 48.8 Å². The monoisotopic (exact) mass is 365 g/mol. The van der Waals surface area contributed by atoms with Gasteiger partial charge in [0.05, 0.1) is 12.2 Å². The van der Waals surface area contributed by atoms with Crippen LogP contribution in [0.2, 0.25) is 0 Å². The van der Waals surface area contributed by atoms with Crippen LogP contribution >= 0.6 is 0 Å². The second-order valence-electron chi connectivity index (χ2n) is 7.80. The van der Waals surface area contributed by atoms with Gasteiger partial charge in [0.1, 0.15) is 6.61 Å². The molecule has 2 unspecified atom stereocenters. The van der Waals surface area contributed by atoms with Crippen molar-refractivity contribution >= 4 is 11.7 Å². The number of piperidine rings is 1. The van der Waals surface area contributed by atoms with Gasteiger partial charge < -0.3 is 4.74 Å². The number of ether oxygens (including phenoxy) is 1. The summed E-state index contributed by atoms with van der Waals surface area (Å²) >= 11 is 0. The summed E-state index contributed by atoms with van der Waals surface area (Å²) in [5.41, 5.74) is 3.51. The molecule has 1 aromatic carbocycles. The number of carbonyl (C=O) groups is 1. The average molecular weight is 365 g/mol. The first kappa shape index (κ1) is 17.8. The van der Waals surface area contributed by atoms with Gasteiger partial charge >= 0.3 is 6.09 Å². The average Bonchev–Trinajstić information content (AvgIpc) is 3.16. The van der Waals surface area contributed by atoms with Gasteiger partial charge in [-0.2, -0.15) is 5.10 Å². The van der Waals surface area contributed by atoms with Crippen molar-refractivity contribution < 1.29 is 9.53 Å². The Bertz CT molecular complexity index is 825. The van der Waals surface area contributed by atoms with Gasteiger partial charge in [0.25, 0.3) is 0 Å². The van der Waals surface area contributed by atoms with Crippen molar-refractivity contribution in [2.45, 2.75) is 64.3 Å². The molecule has 0 aliphatic carbocycles. The molecule has 1 aromatic heterocycles. The molecule has 1 saturated heterocycles. The third-order valence-electron chi connectivity index (χ3n) is 5.55. The standard InChI is InChI=1S/C22H27N3O2/c1-16(2)24-14-19(13-23-24)18-11-20-9-6-10-21(12-18)25(20)22(26)27-15-17-7-4-3-5-8-17/h3-5,7-8,11,13-14,16,20-21H,6,9-10,12,15H2,1-2H3. The van der Waals surface area contributed by atoms with Crippen LogP contribution in [0, 0.1) is 0 Å². The van der Waals surface area contributed by atoms with E-state index >= 15 is 0 Å². The maximum atomic E-state index is 12.8. The second kappa shape index (κ2) is 7.59. The quantitative estimate of drug-likeness (QED) is 0.781. The number of benzene rings is 1. The highest BCUT2D eigenvalue weighted by molar-refractivity contribution is 5.74. The minimum absolute atomic E-state index is 0.123. The van der Waals surface area contributed by atoms with E-state index in [9.17, 15) is 4.79 Å². The molecule has 1 amide bonds. The second-order valence-corrected chi connectivity index (χ2v) is 7.80. The number of nitrogens with zero attached hydrogens (tertiary/aromatic N) is 3. The molecule has 0 saturated carbocycles. The molecule has 27 heavy (non-hydrogen) atoms. The van der Waals surface area contributed by atoms with E-state index in [0.29, 0.717) is 12.6 Å². The van der Waals surface area contributed by atoms with Crippen molar-refractivity contribution in [2.75, 3.05) is 0 Å². The first-order chi connectivity index (χ1) is 13.1. The summed E-state index contributed by atoms with van der Waals surface area (Å²) in [6.45, 7) is 4.59. The lowest BCUT2D eigenvalue weighted by Crippen LogP contribution is -2.51. The maximum absolute atomic E-state index is 12.8. The van der Waals surface area contributed by atoms with Crippen molar-refractivity contribution in [1.29, 1.82) is 0 Å². The fraction of sp³-hybridized carbons (Fsp3) is 0.455. The molecule has 3 heterocycles. The van der Waals surface area contributed by atoms with Crippen LogP contribution in [-0.4, -0.2) is 32.9 Å². The third kappa shape index (κ3) is 3.77. The van der Waals surface area contributed by atoms with Gasteiger partial charge in [-0.3, -0.25) is 9.58 Å². The summed E-state index contributed by atoms with van der Waals surface area (Å²) in [6, 6.07) is 10.5. The summed E-state index contributed by atoms with van der Waals surface area (Å²) in [5, 5.41) is 4.47. The lowest BCUT2D eigenvalue weighted by Gasteiger charge is -2.44. The number of amides is 1. The summed E-state index contributed by atoms with van der Waals surface area (Å²) in [6.07, 6.45) is 10.2. The van der Waals surface area contributed by atoms with Crippen molar-refractivity contribution in [3.63, 3.8) is 0 Å². The Balaban J connectivity index is 1.48. The molecule has 0 spiro atoms. The zero-order valence-corrected chi connectivity index (χ0v) is 16.0. The van der Waals surface area contributed by atoms with Crippen molar-refractivity contribution in [3.8, 4) is 0 Å². The molecule has 2 aliphatic rings. The third-order valence-corrected chi connectivity index (χ3v) is 5.55. The van der Waals surface area contributed by atoms with Gasteiger partial charge in [0.2, 0.25) is 0 Å². The molecule has 142 valence electrons. The molecule has 2 bridgehead atoms. The number of hydrogen-bond donors (Lipinski definition) is 0.